The van der Waals surface area contributed by atoms with Gasteiger partial charge in [-0.1, -0.05) is 12.2 Å². The Kier molecular flexibility index (Phi) is 4.68. The van der Waals surface area contributed by atoms with E-state index in [0.717, 1.165) is 17.1 Å². The zero-order chi connectivity index (χ0) is 12.0. The van der Waals surface area contributed by atoms with Gasteiger partial charge in [0.05, 0.1) is 0 Å². The molecule has 1 aliphatic heterocycles. The third-order valence-corrected chi connectivity index (χ3v) is 3.35. The number of thiocyanates is 1. The number of thiocarbonyl (C=S) groups is 1. The fourth-order valence-corrected chi connectivity index (χ4v) is 2.48. The third-order valence-electron chi connectivity index (χ3n) is 1.78. The fourth-order valence-electron chi connectivity index (χ4n) is 1.04. The predicted molar refractivity (Wildman–Crippen MR) is 64.4 cm³/mol. The first-order valence-corrected chi connectivity index (χ1v) is 6.16. The van der Waals surface area contributed by atoms with Gasteiger partial charge in [-0.25, -0.2) is 0 Å². The molecule has 16 heavy (non-hydrogen) atoms. The van der Waals surface area contributed by atoms with Gasteiger partial charge in [0.2, 0.25) is 0 Å². The van der Waals surface area contributed by atoms with Crippen LogP contribution in [0.3, 0.4) is 0 Å². The summed E-state index contributed by atoms with van der Waals surface area (Å²) in [6.45, 7) is 0. The lowest BCUT2D eigenvalue weighted by molar-refractivity contribution is -0.476. The number of ether oxygens (including phenoxy) is 1. The Morgan fingerprint density at radius 3 is 3.06 bits per heavy atom. The van der Waals surface area contributed by atoms with Gasteiger partial charge in [-0.15, -0.1) is 9.66 Å². The van der Waals surface area contributed by atoms with Crippen LogP contribution in [0.15, 0.2) is 4.40 Å². The molecule has 0 amide bonds. The number of rotatable bonds is 5. The summed E-state index contributed by atoms with van der Waals surface area (Å²) in [6.07, 6.45) is 1.81. The number of nitrogens with zero attached hydrogens (tertiary/aromatic N) is 4. The van der Waals surface area contributed by atoms with Crippen LogP contribution in [0.25, 0.3) is 0 Å². The van der Waals surface area contributed by atoms with Crippen molar-refractivity contribution < 1.29 is 8.90 Å². The first-order chi connectivity index (χ1) is 7.71. The second kappa shape index (κ2) is 5.80. The molecule has 0 saturated heterocycles. The highest BCUT2D eigenvalue weighted by atomic mass is 32.2. The van der Waals surface area contributed by atoms with Crippen LogP contribution in [0.5, 0.6) is 0 Å². The Balaban J connectivity index is 2.83. The normalized spacial score (nSPS) is 23.1. The number of nitroso groups, excluding NO2 is 1. The van der Waals surface area contributed by atoms with Crippen molar-refractivity contribution in [2.24, 2.45) is 4.40 Å². The van der Waals surface area contributed by atoms with Gasteiger partial charge < -0.3 is 4.74 Å². The Bertz CT molecular complexity index is 424. The molecule has 6 nitrogen and oxygen atoms in total. The molecule has 1 aliphatic rings. The number of hydrogen-bond donors (Lipinski definition) is 0. The molecular formula is C7H5N4O2S3+. The molecule has 0 aliphatic carbocycles. The summed E-state index contributed by atoms with van der Waals surface area (Å²) in [5.41, 5.74) is -1.24. The average Bonchev–Trinajstić information content (AvgIpc) is 2.59. The average molecular weight is 273 g/mol. The van der Waals surface area contributed by atoms with Crippen molar-refractivity contribution in [3.63, 3.8) is 0 Å². The molecule has 82 valence electrons. The number of hydrogen-bond acceptors (Lipinski definition) is 8. The SMILES string of the molecule is N#COC1(C=S)C(CCSC#N)=NS[N+]1=O. The van der Waals surface area contributed by atoms with Gasteiger partial charge in [0.1, 0.15) is 10.8 Å². The van der Waals surface area contributed by atoms with Gasteiger partial charge in [0, 0.05) is 17.1 Å². The van der Waals surface area contributed by atoms with Crippen LogP contribution in [0.1, 0.15) is 6.42 Å². The van der Waals surface area contributed by atoms with Crippen LogP contribution >= 0.6 is 36.1 Å². The summed E-state index contributed by atoms with van der Waals surface area (Å²) < 4.78 is 9.02. The van der Waals surface area contributed by atoms with Crippen LogP contribution in [-0.2, 0) is 4.74 Å². The lowest BCUT2D eigenvalue weighted by atomic mass is 10.1. The van der Waals surface area contributed by atoms with Gasteiger partial charge >= 0.3 is 17.9 Å². The first kappa shape index (κ1) is 12.9. The summed E-state index contributed by atoms with van der Waals surface area (Å²) in [5, 5.41) is 19.8. The van der Waals surface area contributed by atoms with Crippen molar-refractivity contribution in [2.75, 3.05) is 5.75 Å². The second-order valence-corrected chi connectivity index (χ2v) is 4.37. The van der Waals surface area contributed by atoms with Crippen LogP contribution < -0.4 is 0 Å². The zero-order valence-corrected chi connectivity index (χ0v) is 10.3. The molecule has 0 aromatic carbocycles. The Morgan fingerprint density at radius 2 is 2.50 bits per heavy atom. The lowest BCUT2D eigenvalue weighted by Crippen LogP contribution is -2.45. The maximum Gasteiger partial charge on any atom is 0.449 e. The zero-order valence-electron chi connectivity index (χ0n) is 7.82. The monoisotopic (exact) mass is 273 g/mol. The standard InChI is InChI=1S/C7H5N4O2S3/c8-4-13-7(3-14)6(1-2-15-5-9)10-16-11(7)12/h3H,1-2H2/q+1. The van der Waals surface area contributed by atoms with E-state index < -0.39 is 5.72 Å². The minimum Gasteiger partial charge on any atom is -0.344 e. The highest BCUT2D eigenvalue weighted by Gasteiger charge is 2.58. The lowest BCUT2D eigenvalue weighted by Gasteiger charge is -2.11. The molecule has 0 N–H and O–H groups in total. The topological polar surface area (TPSA) is 89.2 Å². The van der Waals surface area contributed by atoms with Crippen LogP contribution in [-0.4, -0.2) is 26.7 Å². The predicted octanol–water partition coefficient (Wildman–Crippen LogP) is 1.58. The summed E-state index contributed by atoms with van der Waals surface area (Å²) in [6, 6.07) is 0. The molecule has 0 fully saturated rings. The fraction of sp³-hybridized carbons (Fsp3) is 0.429. The maximum atomic E-state index is 11.5. The van der Waals surface area contributed by atoms with Crippen LogP contribution in [0.2, 0.25) is 0 Å². The number of thioether (sulfide) groups is 1. The minimum atomic E-state index is -1.59. The number of nitriles is 2. The van der Waals surface area contributed by atoms with Gasteiger partial charge in [-0.2, -0.15) is 5.26 Å². The molecule has 0 aromatic heterocycles. The van der Waals surface area contributed by atoms with Gasteiger partial charge in [-0.3, -0.25) is 0 Å². The van der Waals surface area contributed by atoms with E-state index in [4.69, 9.17) is 27.5 Å². The molecule has 1 heterocycles. The molecule has 0 spiro atoms. The van der Waals surface area contributed by atoms with E-state index in [9.17, 15) is 4.91 Å². The van der Waals surface area contributed by atoms with Gasteiger partial charge in [0.15, 0.2) is 9.88 Å². The highest BCUT2D eigenvalue weighted by Crippen LogP contribution is 2.31. The third kappa shape index (κ3) is 2.32. The summed E-state index contributed by atoms with van der Waals surface area (Å²) in [4.78, 5) is 11.5. The molecule has 1 rings (SSSR count). The van der Waals surface area contributed by atoms with Crippen molar-refractivity contribution in [2.45, 2.75) is 12.1 Å². The summed E-state index contributed by atoms with van der Waals surface area (Å²) in [7, 11) is 0. The van der Waals surface area contributed by atoms with Crippen molar-refractivity contribution in [3.8, 4) is 11.7 Å². The van der Waals surface area contributed by atoms with E-state index in [1.54, 1.807) is 0 Å². The van der Waals surface area contributed by atoms with E-state index in [1.165, 1.54) is 6.26 Å². The Hall–Kier alpha value is -1.16. The molecular weight excluding hydrogens is 268 g/mol. The van der Waals surface area contributed by atoms with Crippen molar-refractivity contribution in [1.29, 1.82) is 10.5 Å². The molecule has 1 atom stereocenters. The van der Waals surface area contributed by atoms with E-state index in [-0.39, 0.29) is 0 Å². The van der Waals surface area contributed by atoms with Crippen molar-refractivity contribution >= 4 is 47.2 Å². The quantitative estimate of drug-likeness (QED) is 0.247. The van der Waals surface area contributed by atoms with Crippen molar-refractivity contribution in [1.82, 2.24) is 0 Å². The molecule has 0 radical (unpaired) electrons. The van der Waals surface area contributed by atoms with Gasteiger partial charge in [-0.05, 0) is 11.8 Å². The molecule has 0 saturated carbocycles. The van der Waals surface area contributed by atoms with Crippen LogP contribution in [0.4, 0.5) is 0 Å². The largest absolute Gasteiger partial charge is 0.449 e. The molecule has 9 heteroatoms. The molecule has 1 unspecified atom stereocenters. The Labute approximate surface area is 105 Å². The second-order valence-electron chi connectivity index (χ2n) is 2.57. The Morgan fingerprint density at radius 1 is 1.75 bits per heavy atom. The summed E-state index contributed by atoms with van der Waals surface area (Å²) in [5.74, 6) is 0.462. The minimum absolute atomic E-state index is 0.354. The first-order valence-electron chi connectivity index (χ1n) is 3.97. The molecule has 0 bridgehead atoms. The van der Waals surface area contributed by atoms with Gasteiger partial charge in [0.25, 0.3) is 6.26 Å². The van der Waals surface area contributed by atoms with Crippen LogP contribution in [0, 0.1) is 27.1 Å². The molecule has 0 aromatic rings. The van der Waals surface area contributed by atoms with E-state index in [1.807, 2.05) is 5.40 Å². The van der Waals surface area contributed by atoms with E-state index >= 15 is 0 Å². The maximum absolute atomic E-state index is 11.5. The highest BCUT2D eigenvalue weighted by molar-refractivity contribution is 8.03. The summed E-state index contributed by atoms with van der Waals surface area (Å²) >= 11 is 6.38. The van der Waals surface area contributed by atoms with Crippen molar-refractivity contribution in [3.05, 3.63) is 4.91 Å². The van der Waals surface area contributed by atoms with E-state index in [0.29, 0.717) is 34.2 Å². The smallest absolute Gasteiger partial charge is 0.344 e. The van der Waals surface area contributed by atoms with E-state index in [2.05, 4.69) is 4.40 Å².